The Morgan fingerprint density at radius 3 is 1.57 bits per heavy atom. The summed E-state index contributed by atoms with van der Waals surface area (Å²) in [6, 6.07) is 0. The van der Waals surface area contributed by atoms with E-state index in [9.17, 15) is 0 Å². The minimum absolute atomic E-state index is 1.26. The molecule has 0 fully saturated rings. The number of rotatable bonds is 3. The van der Waals surface area contributed by atoms with Gasteiger partial charge in [-0.05, 0) is 56.3 Å². The van der Waals surface area contributed by atoms with E-state index in [1.54, 1.807) is 0 Å². The third-order valence-corrected chi connectivity index (χ3v) is 3.11. The lowest BCUT2D eigenvalue weighted by Gasteiger charge is -2.00. The van der Waals surface area contributed by atoms with E-state index >= 15 is 0 Å². The van der Waals surface area contributed by atoms with Gasteiger partial charge in [-0.1, -0.05) is 39.7 Å². The second-order valence-electron chi connectivity index (χ2n) is 3.46. The Kier molecular flexibility index (Phi) is 6.56. The van der Waals surface area contributed by atoms with Crippen molar-refractivity contribution in [1.82, 2.24) is 0 Å². The van der Waals surface area contributed by atoms with Crippen molar-refractivity contribution >= 4 is 15.9 Å². The maximum atomic E-state index is 3.33. The first-order chi connectivity index (χ1) is 6.52. The summed E-state index contributed by atoms with van der Waals surface area (Å²) >= 11 is 3.33. The van der Waals surface area contributed by atoms with Gasteiger partial charge in [0.15, 0.2) is 0 Å². The standard InChI is InChI=1S/C13H19Br/c1-6-10(2)11(3)7-8-12(4)13(5)9-14/h6-9H,1-5H3/b10-6+,11-7+,12-8+,13-9+. The van der Waals surface area contributed by atoms with Gasteiger partial charge in [-0.3, -0.25) is 0 Å². The zero-order valence-electron chi connectivity index (χ0n) is 9.69. The Balaban J connectivity index is 4.71. The van der Waals surface area contributed by atoms with Gasteiger partial charge in [0.25, 0.3) is 0 Å². The van der Waals surface area contributed by atoms with Crippen molar-refractivity contribution in [3.63, 3.8) is 0 Å². The molecule has 0 amide bonds. The predicted octanol–water partition coefficient (Wildman–Crippen LogP) is 5.14. The molecular weight excluding hydrogens is 236 g/mol. The molecule has 78 valence electrons. The zero-order valence-corrected chi connectivity index (χ0v) is 11.3. The van der Waals surface area contributed by atoms with Crippen molar-refractivity contribution in [2.45, 2.75) is 34.6 Å². The summed E-state index contributed by atoms with van der Waals surface area (Å²) in [5.41, 5.74) is 5.18. The average Bonchev–Trinajstić information content (AvgIpc) is 2.22. The molecule has 0 nitrogen and oxygen atoms in total. The normalized spacial score (nSPS) is 16.1. The molecule has 0 aromatic heterocycles. The van der Waals surface area contributed by atoms with Crippen LogP contribution in [0.1, 0.15) is 34.6 Å². The van der Waals surface area contributed by atoms with Gasteiger partial charge in [0.1, 0.15) is 0 Å². The monoisotopic (exact) mass is 254 g/mol. The van der Waals surface area contributed by atoms with Crippen LogP contribution in [0, 0.1) is 0 Å². The van der Waals surface area contributed by atoms with Gasteiger partial charge >= 0.3 is 0 Å². The van der Waals surface area contributed by atoms with Gasteiger partial charge in [0.2, 0.25) is 0 Å². The Bertz CT molecular complexity index is 269. The van der Waals surface area contributed by atoms with Crippen molar-refractivity contribution in [2.24, 2.45) is 0 Å². The van der Waals surface area contributed by atoms with Gasteiger partial charge in [-0.2, -0.15) is 0 Å². The minimum Gasteiger partial charge on any atom is -0.0845 e. The third-order valence-electron chi connectivity index (χ3n) is 2.42. The second kappa shape index (κ2) is 6.83. The fraction of sp³-hybridized carbons (Fsp3) is 0.385. The van der Waals surface area contributed by atoms with E-state index in [2.05, 4.69) is 68.8 Å². The van der Waals surface area contributed by atoms with Crippen molar-refractivity contribution in [1.29, 1.82) is 0 Å². The molecule has 0 unspecified atom stereocenters. The molecule has 0 bridgehead atoms. The van der Waals surface area contributed by atoms with E-state index in [0.29, 0.717) is 0 Å². The summed E-state index contributed by atoms with van der Waals surface area (Å²) < 4.78 is 0. The predicted molar refractivity (Wildman–Crippen MR) is 69.6 cm³/mol. The topological polar surface area (TPSA) is 0 Å². The van der Waals surface area contributed by atoms with Crippen LogP contribution in [0.5, 0.6) is 0 Å². The lowest BCUT2D eigenvalue weighted by Crippen LogP contribution is -1.79. The fourth-order valence-corrected chi connectivity index (χ4v) is 1.19. The molecule has 0 aliphatic rings. The lowest BCUT2D eigenvalue weighted by molar-refractivity contribution is 1.31. The van der Waals surface area contributed by atoms with E-state index in [4.69, 9.17) is 0 Å². The zero-order chi connectivity index (χ0) is 11.1. The Morgan fingerprint density at radius 2 is 1.21 bits per heavy atom. The first-order valence-electron chi connectivity index (χ1n) is 4.78. The van der Waals surface area contributed by atoms with Crippen LogP contribution in [0.3, 0.4) is 0 Å². The largest absolute Gasteiger partial charge is 0.0845 e. The highest BCUT2D eigenvalue weighted by Crippen LogP contribution is 2.13. The van der Waals surface area contributed by atoms with E-state index in [1.807, 2.05) is 4.99 Å². The SMILES string of the molecule is C/C=C(C)/C(C)=C/C=C(C)/C(C)=C/Br. The van der Waals surface area contributed by atoms with Crippen LogP contribution < -0.4 is 0 Å². The number of hydrogen-bond acceptors (Lipinski definition) is 0. The quantitative estimate of drug-likeness (QED) is 0.612. The Hall–Kier alpha value is -0.560. The molecule has 0 aromatic carbocycles. The van der Waals surface area contributed by atoms with Gasteiger partial charge in [-0.15, -0.1) is 0 Å². The van der Waals surface area contributed by atoms with Crippen LogP contribution in [0.15, 0.2) is 45.5 Å². The number of allylic oxidation sites excluding steroid dienone is 7. The number of halogens is 1. The molecule has 1 heteroatoms. The van der Waals surface area contributed by atoms with Crippen molar-refractivity contribution in [3.05, 3.63) is 45.5 Å². The summed E-state index contributed by atoms with van der Waals surface area (Å²) in [7, 11) is 0. The van der Waals surface area contributed by atoms with Gasteiger partial charge < -0.3 is 0 Å². The van der Waals surface area contributed by atoms with E-state index in [-0.39, 0.29) is 0 Å². The Labute approximate surface area is 96.2 Å². The highest BCUT2D eigenvalue weighted by atomic mass is 79.9. The van der Waals surface area contributed by atoms with Crippen LogP contribution >= 0.6 is 15.9 Å². The van der Waals surface area contributed by atoms with Gasteiger partial charge in [-0.25, -0.2) is 0 Å². The molecule has 0 rings (SSSR count). The fourth-order valence-electron chi connectivity index (χ4n) is 0.827. The summed E-state index contributed by atoms with van der Waals surface area (Å²) in [4.78, 5) is 1.95. The summed E-state index contributed by atoms with van der Waals surface area (Å²) in [6.07, 6.45) is 6.43. The van der Waals surface area contributed by atoms with Crippen molar-refractivity contribution < 1.29 is 0 Å². The first kappa shape index (κ1) is 13.4. The summed E-state index contributed by atoms with van der Waals surface area (Å²) in [6.45, 7) is 10.5. The van der Waals surface area contributed by atoms with Crippen LogP contribution in [0.25, 0.3) is 0 Å². The van der Waals surface area contributed by atoms with Crippen LogP contribution in [0.4, 0.5) is 0 Å². The third kappa shape index (κ3) is 4.61. The lowest BCUT2D eigenvalue weighted by atomic mass is 10.1. The van der Waals surface area contributed by atoms with E-state index in [0.717, 1.165) is 0 Å². The highest BCUT2D eigenvalue weighted by molar-refractivity contribution is 9.11. The molecule has 0 aliphatic carbocycles. The maximum Gasteiger partial charge on any atom is -0.0157 e. The minimum atomic E-state index is 1.26. The van der Waals surface area contributed by atoms with E-state index in [1.165, 1.54) is 22.3 Å². The van der Waals surface area contributed by atoms with Crippen LogP contribution in [-0.4, -0.2) is 0 Å². The highest BCUT2D eigenvalue weighted by Gasteiger charge is 1.91. The van der Waals surface area contributed by atoms with Gasteiger partial charge in [0, 0.05) is 0 Å². The first-order valence-corrected chi connectivity index (χ1v) is 5.70. The van der Waals surface area contributed by atoms with Crippen LogP contribution in [0.2, 0.25) is 0 Å². The molecule has 0 spiro atoms. The molecule has 0 radical (unpaired) electrons. The summed E-state index contributed by atoms with van der Waals surface area (Å²) in [5, 5.41) is 0. The molecule has 14 heavy (non-hydrogen) atoms. The smallest absolute Gasteiger partial charge is 0.0157 e. The van der Waals surface area contributed by atoms with E-state index < -0.39 is 0 Å². The summed E-state index contributed by atoms with van der Waals surface area (Å²) in [5.74, 6) is 0. The average molecular weight is 255 g/mol. The van der Waals surface area contributed by atoms with Crippen molar-refractivity contribution in [2.75, 3.05) is 0 Å². The van der Waals surface area contributed by atoms with Crippen molar-refractivity contribution in [3.8, 4) is 0 Å². The molecule has 0 aromatic rings. The molecule has 0 aliphatic heterocycles. The Morgan fingerprint density at radius 1 is 0.786 bits per heavy atom. The molecule has 0 N–H and O–H groups in total. The second-order valence-corrected chi connectivity index (χ2v) is 3.92. The molecule has 0 heterocycles. The maximum absolute atomic E-state index is 3.33. The van der Waals surface area contributed by atoms with Gasteiger partial charge in [0.05, 0.1) is 0 Å². The van der Waals surface area contributed by atoms with Crippen LogP contribution in [-0.2, 0) is 0 Å². The molecular formula is C13H19Br. The molecule has 0 saturated heterocycles. The molecule has 0 saturated carbocycles. The molecule has 0 atom stereocenters. The number of hydrogen-bond donors (Lipinski definition) is 0.